The summed E-state index contributed by atoms with van der Waals surface area (Å²) in [4.78, 5) is 0. The molecule has 1 aromatic carbocycles. The molecule has 0 fully saturated rings. The lowest BCUT2D eigenvalue weighted by atomic mass is 9.85. The molecular formula is C18H20N2. The molecule has 3 unspecified atom stereocenters. The van der Waals surface area contributed by atoms with Gasteiger partial charge in [-0.05, 0) is 58.2 Å². The van der Waals surface area contributed by atoms with Gasteiger partial charge in [0.1, 0.15) is 0 Å². The van der Waals surface area contributed by atoms with Gasteiger partial charge in [-0.2, -0.15) is 0 Å². The first-order chi connectivity index (χ1) is 9.68. The predicted molar refractivity (Wildman–Crippen MR) is 82.1 cm³/mol. The number of hydrogen-bond acceptors (Lipinski definition) is 2. The van der Waals surface area contributed by atoms with Crippen LogP contribution in [0.25, 0.3) is 17.3 Å². The Labute approximate surface area is 119 Å². The van der Waals surface area contributed by atoms with E-state index >= 15 is 0 Å². The Bertz CT molecular complexity index is 813. The number of allylic oxidation sites excluding steroid dienone is 1. The van der Waals surface area contributed by atoms with E-state index in [0.29, 0.717) is 11.8 Å². The normalized spacial score (nSPS) is 32.1. The molecule has 2 nitrogen and oxygen atoms in total. The quantitative estimate of drug-likeness (QED) is 0.743. The number of fused-ring (bicyclic) bond motifs is 4. The van der Waals surface area contributed by atoms with Crippen molar-refractivity contribution in [1.29, 1.82) is 0 Å². The van der Waals surface area contributed by atoms with Crippen LogP contribution < -0.4 is 21.5 Å². The SMILES string of the molecule is CC1C=c2c3c(cc4c2=C(N)C2=C4CCCN2)C3C1C. The summed E-state index contributed by atoms with van der Waals surface area (Å²) in [6.07, 6.45) is 4.86. The summed E-state index contributed by atoms with van der Waals surface area (Å²) in [7, 11) is 0. The van der Waals surface area contributed by atoms with Crippen molar-refractivity contribution in [2.75, 3.05) is 6.54 Å². The average Bonchev–Trinajstić information content (AvgIpc) is 3.11. The number of benzene rings is 1. The highest BCUT2D eigenvalue weighted by atomic mass is 14.9. The summed E-state index contributed by atoms with van der Waals surface area (Å²) in [6.45, 7) is 5.79. The molecule has 0 spiro atoms. The van der Waals surface area contributed by atoms with Gasteiger partial charge >= 0.3 is 0 Å². The van der Waals surface area contributed by atoms with Gasteiger partial charge in [-0.15, -0.1) is 0 Å². The molecule has 1 aliphatic heterocycles. The molecule has 4 aliphatic rings. The molecule has 0 saturated carbocycles. The summed E-state index contributed by atoms with van der Waals surface area (Å²) in [5.74, 6) is 2.11. The first kappa shape index (κ1) is 11.0. The van der Waals surface area contributed by atoms with Crippen LogP contribution in [0, 0.1) is 11.8 Å². The van der Waals surface area contributed by atoms with Crippen LogP contribution in [0.3, 0.4) is 0 Å². The second-order valence-electron chi connectivity index (χ2n) is 6.88. The molecule has 0 radical (unpaired) electrons. The van der Waals surface area contributed by atoms with Crippen LogP contribution in [0.4, 0.5) is 0 Å². The van der Waals surface area contributed by atoms with Crippen LogP contribution in [0.15, 0.2) is 11.8 Å². The fraction of sp³-hybridized carbons (Fsp3) is 0.444. The molecule has 0 aromatic heterocycles. The fourth-order valence-electron chi connectivity index (χ4n) is 4.58. The van der Waals surface area contributed by atoms with Crippen molar-refractivity contribution in [1.82, 2.24) is 5.32 Å². The minimum atomic E-state index is 0.648. The Morgan fingerprint density at radius 2 is 2.15 bits per heavy atom. The number of nitrogens with two attached hydrogens (primary N) is 1. The van der Waals surface area contributed by atoms with Crippen molar-refractivity contribution in [3.8, 4) is 0 Å². The zero-order valence-corrected chi connectivity index (χ0v) is 12.1. The van der Waals surface area contributed by atoms with E-state index < -0.39 is 0 Å². The van der Waals surface area contributed by atoms with Gasteiger partial charge < -0.3 is 11.1 Å². The summed E-state index contributed by atoms with van der Waals surface area (Å²) in [5, 5.41) is 6.32. The third-order valence-corrected chi connectivity index (χ3v) is 5.86. The summed E-state index contributed by atoms with van der Waals surface area (Å²) >= 11 is 0. The average molecular weight is 264 g/mol. The maximum Gasteiger partial charge on any atom is 0.0638 e. The lowest BCUT2D eigenvalue weighted by molar-refractivity contribution is 0.460. The van der Waals surface area contributed by atoms with E-state index in [4.69, 9.17) is 5.73 Å². The molecule has 0 saturated heterocycles. The van der Waals surface area contributed by atoms with Crippen molar-refractivity contribution < 1.29 is 0 Å². The lowest BCUT2D eigenvalue weighted by Gasteiger charge is -2.19. The first-order valence-electron chi connectivity index (χ1n) is 7.84. The van der Waals surface area contributed by atoms with Crippen molar-refractivity contribution in [3.05, 3.63) is 38.9 Å². The monoisotopic (exact) mass is 264 g/mol. The van der Waals surface area contributed by atoms with Crippen LogP contribution >= 0.6 is 0 Å². The number of nitrogens with one attached hydrogen (secondary N) is 1. The Hall–Kier alpha value is -1.70. The fourth-order valence-corrected chi connectivity index (χ4v) is 4.58. The second kappa shape index (κ2) is 3.30. The number of hydrogen-bond donors (Lipinski definition) is 2. The predicted octanol–water partition coefficient (Wildman–Crippen LogP) is 1.37. The molecule has 5 rings (SSSR count). The van der Waals surface area contributed by atoms with E-state index in [-0.39, 0.29) is 0 Å². The van der Waals surface area contributed by atoms with Crippen LogP contribution in [-0.4, -0.2) is 6.54 Å². The third kappa shape index (κ3) is 1.09. The van der Waals surface area contributed by atoms with Gasteiger partial charge in [-0.3, -0.25) is 0 Å². The van der Waals surface area contributed by atoms with Crippen LogP contribution in [0.2, 0.25) is 0 Å². The molecule has 102 valence electrons. The molecule has 1 aromatic rings. The maximum absolute atomic E-state index is 6.50. The molecule has 1 heterocycles. The van der Waals surface area contributed by atoms with Crippen molar-refractivity contribution in [2.24, 2.45) is 17.6 Å². The molecule has 0 bridgehead atoms. The van der Waals surface area contributed by atoms with Gasteiger partial charge in [0.15, 0.2) is 0 Å². The lowest BCUT2D eigenvalue weighted by Crippen LogP contribution is -2.35. The molecule has 0 amide bonds. The third-order valence-electron chi connectivity index (χ3n) is 5.86. The van der Waals surface area contributed by atoms with E-state index in [1.165, 1.54) is 40.1 Å². The summed E-state index contributed by atoms with van der Waals surface area (Å²) < 4.78 is 0. The Morgan fingerprint density at radius 1 is 1.30 bits per heavy atom. The molecule has 3 aliphatic carbocycles. The summed E-state index contributed by atoms with van der Waals surface area (Å²) in [6, 6.07) is 2.45. The van der Waals surface area contributed by atoms with Gasteiger partial charge in [-0.1, -0.05) is 19.9 Å². The van der Waals surface area contributed by atoms with E-state index in [1.54, 1.807) is 11.1 Å². The van der Waals surface area contributed by atoms with Gasteiger partial charge in [0.2, 0.25) is 0 Å². The van der Waals surface area contributed by atoms with Crippen molar-refractivity contribution in [2.45, 2.75) is 32.6 Å². The minimum Gasteiger partial charge on any atom is -0.397 e. The Kier molecular flexibility index (Phi) is 1.82. The highest BCUT2D eigenvalue weighted by Crippen LogP contribution is 2.51. The van der Waals surface area contributed by atoms with Crippen LogP contribution in [0.1, 0.15) is 49.3 Å². The molecule has 20 heavy (non-hydrogen) atoms. The maximum atomic E-state index is 6.50. The van der Waals surface area contributed by atoms with Crippen molar-refractivity contribution >= 4 is 17.3 Å². The number of rotatable bonds is 0. The highest BCUT2D eigenvalue weighted by molar-refractivity contribution is 5.90. The van der Waals surface area contributed by atoms with E-state index in [1.807, 2.05) is 0 Å². The van der Waals surface area contributed by atoms with Gasteiger partial charge in [0.05, 0.1) is 11.4 Å². The topological polar surface area (TPSA) is 38.0 Å². The van der Waals surface area contributed by atoms with Crippen LogP contribution in [-0.2, 0) is 0 Å². The van der Waals surface area contributed by atoms with E-state index in [2.05, 4.69) is 31.3 Å². The Balaban J connectivity index is 1.88. The van der Waals surface area contributed by atoms with Gasteiger partial charge in [-0.25, -0.2) is 0 Å². The largest absolute Gasteiger partial charge is 0.397 e. The highest BCUT2D eigenvalue weighted by Gasteiger charge is 2.44. The van der Waals surface area contributed by atoms with Crippen LogP contribution in [0.5, 0.6) is 0 Å². The molecule has 3 N–H and O–H groups in total. The second-order valence-corrected chi connectivity index (χ2v) is 6.88. The van der Waals surface area contributed by atoms with E-state index in [0.717, 1.165) is 18.2 Å². The van der Waals surface area contributed by atoms with Gasteiger partial charge in [0.25, 0.3) is 0 Å². The molecular weight excluding hydrogens is 244 g/mol. The zero-order valence-electron chi connectivity index (χ0n) is 12.1. The zero-order chi connectivity index (χ0) is 13.6. The minimum absolute atomic E-state index is 0.648. The molecule has 3 atom stereocenters. The smallest absolute Gasteiger partial charge is 0.0638 e. The first-order valence-corrected chi connectivity index (χ1v) is 7.84. The van der Waals surface area contributed by atoms with E-state index in [9.17, 15) is 0 Å². The summed E-state index contributed by atoms with van der Waals surface area (Å²) in [5.41, 5.74) is 14.8. The Morgan fingerprint density at radius 3 is 3.00 bits per heavy atom. The molecule has 2 heteroatoms. The van der Waals surface area contributed by atoms with Crippen molar-refractivity contribution in [3.63, 3.8) is 0 Å². The van der Waals surface area contributed by atoms with Gasteiger partial charge in [0, 0.05) is 17.7 Å². The standard InChI is InChI=1S/C18H20N2/c1-8-6-12-15-13(14(15)9(8)2)7-11-10-4-3-5-20-18(10)17(19)16(11)12/h6-9,14,20H,3-5,19H2,1-2H3.